The molecule has 0 aliphatic heterocycles. The predicted octanol–water partition coefficient (Wildman–Crippen LogP) is 0.305. The topological polar surface area (TPSA) is 89.9 Å². The number of aliphatic hydroxyl groups excluding tert-OH is 1. The highest BCUT2D eigenvalue weighted by Crippen LogP contribution is 2.32. The third-order valence-electron chi connectivity index (χ3n) is 2.34. The van der Waals surface area contributed by atoms with Crippen molar-refractivity contribution >= 4 is 15.8 Å². The van der Waals surface area contributed by atoms with E-state index in [1.54, 1.807) is 0 Å². The molecule has 1 aromatic carbocycles. The number of benzene rings is 1. The number of carbonyl (C=O) groups is 1. The number of ether oxygens (including phenoxy) is 2. The first-order chi connectivity index (χ1) is 8.32. The normalized spacial score (nSPS) is 12.9. The molecule has 0 spiro atoms. The molecule has 0 bridgehead atoms. The molecule has 0 aliphatic rings. The molecular formula is C11H14O6S. The highest BCUT2D eigenvalue weighted by atomic mass is 32.2. The van der Waals surface area contributed by atoms with Gasteiger partial charge < -0.3 is 14.6 Å². The molecule has 0 amide bonds. The number of aliphatic hydroxyl groups is 1. The smallest absolute Gasteiger partial charge is 0.339 e. The van der Waals surface area contributed by atoms with Gasteiger partial charge in [0.2, 0.25) is 0 Å². The Hall–Kier alpha value is -1.60. The van der Waals surface area contributed by atoms with Crippen molar-refractivity contribution < 1.29 is 27.8 Å². The summed E-state index contributed by atoms with van der Waals surface area (Å²) in [6.45, 7) is 0. The van der Waals surface area contributed by atoms with E-state index in [0.29, 0.717) is 0 Å². The van der Waals surface area contributed by atoms with Gasteiger partial charge in [0.1, 0.15) is 5.75 Å². The zero-order valence-electron chi connectivity index (χ0n) is 10.2. The van der Waals surface area contributed by atoms with Crippen LogP contribution in [0.5, 0.6) is 5.75 Å². The number of sulfone groups is 1. The van der Waals surface area contributed by atoms with Crippen LogP contribution in [0.4, 0.5) is 0 Å². The summed E-state index contributed by atoms with van der Waals surface area (Å²) in [6.07, 6.45) is -0.731. The van der Waals surface area contributed by atoms with Gasteiger partial charge >= 0.3 is 5.97 Å². The third kappa shape index (κ3) is 2.80. The molecule has 7 heteroatoms. The number of rotatable bonds is 4. The van der Waals surface area contributed by atoms with E-state index in [1.807, 2.05) is 0 Å². The summed E-state index contributed by atoms with van der Waals surface area (Å²) in [7, 11) is -1.19. The monoisotopic (exact) mass is 274 g/mol. The summed E-state index contributed by atoms with van der Waals surface area (Å²) in [5.74, 6) is -0.847. The minimum Gasteiger partial charge on any atom is -0.496 e. The van der Waals surface area contributed by atoms with Gasteiger partial charge in [-0.25, -0.2) is 13.2 Å². The standard InChI is InChI=1S/C11H14O6S/c1-16-7-5-4-6-8(18(3,14)15)9(7)10(12)11(13)17-2/h4-6,10,12H,1-3H3. The number of carbonyl (C=O) groups excluding carboxylic acids is 1. The molecule has 100 valence electrons. The Morgan fingerprint density at radius 3 is 2.39 bits per heavy atom. The molecule has 1 N–H and O–H groups in total. The average molecular weight is 274 g/mol. The molecule has 0 saturated heterocycles. The second-order valence-corrected chi connectivity index (χ2v) is 5.55. The second kappa shape index (κ2) is 5.36. The van der Waals surface area contributed by atoms with Gasteiger partial charge in [0, 0.05) is 6.26 Å². The number of hydrogen-bond donors (Lipinski definition) is 1. The molecule has 1 rings (SSSR count). The molecular weight excluding hydrogens is 260 g/mol. The molecule has 18 heavy (non-hydrogen) atoms. The molecule has 1 unspecified atom stereocenters. The van der Waals surface area contributed by atoms with Gasteiger partial charge in [0.25, 0.3) is 0 Å². The van der Waals surface area contributed by atoms with Crippen molar-refractivity contribution in [2.45, 2.75) is 11.0 Å². The van der Waals surface area contributed by atoms with Crippen LogP contribution in [0, 0.1) is 0 Å². The van der Waals surface area contributed by atoms with E-state index in [4.69, 9.17) is 4.74 Å². The maximum Gasteiger partial charge on any atom is 0.339 e. The lowest BCUT2D eigenvalue weighted by molar-refractivity contribution is -0.150. The van der Waals surface area contributed by atoms with Crippen LogP contribution in [-0.2, 0) is 19.4 Å². The van der Waals surface area contributed by atoms with E-state index in [0.717, 1.165) is 13.4 Å². The molecule has 1 atom stereocenters. The van der Waals surface area contributed by atoms with Crippen LogP contribution < -0.4 is 4.74 Å². The lowest BCUT2D eigenvalue weighted by atomic mass is 10.1. The number of esters is 1. The summed E-state index contributed by atoms with van der Waals surface area (Å²) in [5, 5.41) is 9.83. The largest absolute Gasteiger partial charge is 0.496 e. The van der Waals surface area contributed by atoms with Crippen molar-refractivity contribution in [2.24, 2.45) is 0 Å². The Bertz CT molecular complexity index is 549. The van der Waals surface area contributed by atoms with E-state index in [2.05, 4.69) is 4.74 Å². The maximum absolute atomic E-state index is 11.6. The molecule has 0 aromatic heterocycles. The van der Waals surface area contributed by atoms with Gasteiger partial charge in [0.05, 0.1) is 24.7 Å². The SMILES string of the molecule is COC(=O)C(O)c1c(OC)cccc1S(C)(=O)=O. The van der Waals surface area contributed by atoms with Crippen LogP contribution >= 0.6 is 0 Å². The molecule has 0 radical (unpaired) electrons. The summed E-state index contributed by atoms with van der Waals surface area (Å²) in [6, 6.07) is 4.21. The lowest BCUT2D eigenvalue weighted by Gasteiger charge is -2.16. The van der Waals surface area contributed by atoms with Crippen molar-refractivity contribution in [1.82, 2.24) is 0 Å². The molecule has 0 saturated carbocycles. The fourth-order valence-corrected chi connectivity index (χ4v) is 2.46. The lowest BCUT2D eigenvalue weighted by Crippen LogP contribution is -2.17. The Balaban J connectivity index is 3.52. The van der Waals surface area contributed by atoms with Crippen LogP contribution in [0.15, 0.2) is 23.1 Å². The van der Waals surface area contributed by atoms with E-state index < -0.39 is 21.9 Å². The highest BCUT2D eigenvalue weighted by molar-refractivity contribution is 7.90. The predicted molar refractivity (Wildman–Crippen MR) is 63.1 cm³/mol. The van der Waals surface area contributed by atoms with Crippen molar-refractivity contribution in [1.29, 1.82) is 0 Å². The van der Waals surface area contributed by atoms with E-state index >= 15 is 0 Å². The summed E-state index contributed by atoms with van der Waals surface area (Å²) >= 11 is 0. The fourth-order valence-electron chi connectivity index (χ4n) is 1.52. The van der Waals surface area contributed by atoms with Crippen LogP contribution in [0.25, 0.3) is 0 Å². The fraction of sp³-hybridized carbons (Fsp3) is 0.364. The van der Waals surface area contributed by atoms with Gasteiger partial charge in [-0.1, -0.05) is 6.07 Å². The Morgan fingerprint density at radius 2 is 1.94 bits per heavy atom. The molecule has 0 fully saturated rings. The maximum atomic E-state index is 11.6. The summed E-state index contributed by atoms with van der Waals surface area (Å²) in [4.78, 5) is 11.2. The Labute approximate surface area is 105 Å². The Morgan fingerprint density at radius 1 is 1.33 bits per heavy atom. The zero-order valence-corrected chi connectivity index (χ0v) is 11.0. The molecule has 0 heterocycles. The summed E-state index contributed by atoms with van der Waals surface area (Å²) in [5.41, 5.74) is -0.116. The highest BCUT2D eigenvalue weighted by Gasteiger charge is 2.28. The molecule has 0 aliphatic carbocycles. The van der Waals surface area contributed by atoms with E-state index in [1.165, 1.54) is 25.3 Å². The minimum atomic E-state index is -3.60. The van der Waals surface area contributed by atoms with Crippen LogP contribution in [0.3, 0.4) is 0 Å². The van der Waals surface area contributed by atoms with Gasteiger partial charge in [-0.15, -0.1) is 0 Å². The van der Waals surface area contributed by atoms with Crippen molar-refractivity contribution in [2.75, 3.05) is 20.5 Å². The van der Waals surface area contributed by atoms with Crippen LogP contribution in [-0.4, -0.2) is 40.0 Å². The second-order valence-electron chi connectivity index (χ2n) is 3.57. The van der Waals surface area contributed by atoms with Crippen molar-refractivity contribution in [3.63, 3.8) is 0 Å². The third-order valence-corrected chi connectivity index (χ3v) is 3.50. The van der Waals surface area contributed by atoms with Gasteiger partial charge in [-0.3, -0.25) is 0 Å². The quantitative estimate of drug-likeness (QED) is 0.794. The first kappa shape index (κ1) is 14.5. The van der Waals surface area contributed by atoms with Crippen molar-refractivity contribution in [3.05, 3.63) is 23.8 Å². The Kier molecular flexibility index (Phi) is 4.31. The first-order valence-corrected chi connectivity index (χ1v) is 6.85. The van der Waals surface area contributed by atoms with Crippen molar-refractivity contribution in [3.8, 4) is 5.75 Å². The van der Waals surface area contributed by atoms with Gasteiger partial charge in [-0.2, -0.15) is 0 Å². The molecule has 1 aromatic rings. The number of hydrogen-bond acceptors (Lipinski definition) is 6. The molecule has 6 nitrogen and oxygen atoms in total. The van der Waals surface area contributed by atoms with Gasteiger partial charge in [0.15, 0.2) is 15.9 Å². The first-order valence-electron chi connectivity index (χ1n) is 4.95. The average Bonchev–Trinajstić information content (AvgIpc) is 2.34. The van der Waals surface area contributed by atoms with E-state index in [-0.39, 0.29) is 16.2 Å². The minimum absolute atomic E-state index is 0.107. The summed E-state index contributed by atoms with van der Waals surface area (Å²) < 4.78 is 32.6. The number of methoxy groups -OCH3 is 2. The van der Waals surface area contributed by atoms with Crippen LogP contribution in [0.1, 0.15) is 11.7 Å². The van der Waals surface area contributed by atoms with Gasteiger partial charge in [-0.05, 0) is 12.1 Å². The van der Waals surface area contributed by atoms with Crippen LogP contribution in [0.2, 0.25) is 0 Å². The zero-order chi connectivity index (χ0) is 13.9. The van der Waals surface area contributed by atoms with E-state index in [9.17, 15) is 18.3 Å².